The lowest BCUT2D eigenvalue weighted by atomic mass is 10.2. The Kier molecular flexibility index (Phi) is 4.04. The highest BCUT2D eigenvalue weighted by molar-refractivity contribution is 5.82. The van der Waals surface area contributed by atoms with Crippen LogP contribution in [-0.4, -0.2) is 29.8 Å². The van der Waals surface area contributed by atoms with Gasteiger partial charge in [0.15, 0.2) is 0 Å². The molecule has 5 heteroatoms. The molecule has 1 aliphatic carbocycles. The van der Waals surface area contributed by atoms with Gasteiger partial charge < -0.3 is 14.8 Å². The Bertz CT molecular complexity index is 358. The van der Waals surface area contributed by atoms with Crippen molar-refractivity contribution in [2.45, 2.75) is 45.3 Å². The highest BCUT2D eigenvalue weighted by Gasteiger charge is 2.58. The van der Waals surface area contributed by atoms with Crippen molar-refractivity contribution in [3.8, 4) is 0 Å². The maximum Gasteiger partial charge on any atom is 0.408 e. The molecular formula is C13H21NO4. The van der Waals surface area contributed by atoms with Crippen LogP contribution in [0.15, 0.2) is 12.7 Å². The van der Waals surface area contributed by atoms with E-state index in [4.69, 9.17) is 9.47 Å². The van der Waals surface area contributed by atoms with Crippen molar-refractivity contribution < 1.29 is 19.1 Å². The van der Waals surface area contributed by atoms with Gasteiger partial charge in [0.2, 0.25) is 0 Å². The van der Waals surface area contributed by atoms with Gasteiger partial charge in [0, 0.05) is 0 Å². The molecule has 0 spiro atoms. The molecule has 0 aromatic carbocycles. The molecule has 102 valence electrons. The summed E-state index contributed by atoms with van der Waals surface area (Å²) in [5, 5.41) is 2.68. The van der Waals surface area contributed by atoms with Gasteiger partial charge in [-0.3, -0.25) is 4.79 Å². The average molecular weight is 255 g/mol. The largest absolute Gasteiger partial charge is 0.466 e. The Labute approximate surface area is 108 Å². The Balaban J connectivity index is 2.57. The van der Waals surface area contributed by atoms with E-state index < -0.39 is 17.2 Å². The zero-order chi connectivity index (χ0) is 14.0. The van der Waals surface area contributed by atoms with Crippen molar-refractivity contribution in [1.29, 1.82) is 0 Å². The van der Waals surface area contributed by atoms with E-state index in [1.165, 1.54) is 0 Å². The molecule has 1 N–H and O–H groups in total. The molecule has 0 unspecified atom stereocenters. The predicted molar refractivity (Wildman–Crippen MR) is 67.0 cm³/mol. The van der Waals surface area contributed by atoms with E-state index in [1.54, 1.807) is 33.8 Å². The Hall–Kier alpha value is -1.52. The molecule has 0 aromatic heterocycles. The summed E-state index contributed by atoms with van der Waals surface area (Å²) >= 11 is 0. The van der Waals surface area contributed by atoms with Crippen molar-refractivity contribution in [2.75, 3.05) is 6.61 Å². The minimum Gasteiger partial charge on any atom is -0.466 e. The predicted octanol–water partition coefficient (Wildman–Crippen LogP) is 2.02. The van der Waals surface area contributed by atoms with E-state index >= 15 is 0 Å². The van der Waals surface area contributed by atoms with E-state index in [0.29, 0.717) is 13.0 Å². The van der Waals surface area contributed by atoms with Gasteiger partial charge >= 0.3 is 12.1 Å². The van der Waals surface area contributed by atoms with Gasteiger partial charge in [-0.1, -0.05) is 6.08 Å². The van der Waals surface area contributed by atoms with Gasteiger partial charge in [0.25, 0.3) is 0 Å². The maximum atomic E-state index is 11.7. The average Bonchev–Trinajstić information content (AvgIpc) is 2.90. The number of rotatable bonds is 4. The first kappa shape index (κ1) is 14.5. The Morgan fingerprint density at radius 1 is 1.50 bits per heavy atom. The minimum absolute atomic E-state index is 0.312. The van der Waals surface area contributed by atoms with Crippen LogP contribution in [0.4, 0.5) is 4.79 Å². The Morgan fingerprint density at radius 2 is 2.11 bits per heavy atom. The third kappa shape index (κ3) is 3.48. The molecule has 0 aliphatic heterocycles. The summed E-state index contributed by atoms with van der Waals surface area (Å²) in [4.78, 5) is 23.3. The van der Waals surface area contributed by atoms with Gasteiger partial charge in [-0.25, -0.2) is 4.79 Å². The zero-order valence-electron chi connectivity index (χ0n) is 11.4. The number of amides is 1. The quantitative estimate of drug-likeness (QED) is 0.616. The lowest BCUT2D eigenvalue weighted by molar-refractivity contribution is -0.145. The molecule has 5 nitrogen and oxygen atoms in total. The van der Waals surface area contributed by atoms with Gasteiger partial charge in [-0.05, 0) is 34.1 Å². The van der Waals surface area contributed by atoms with Crippen LogP contribution < -0.4 is 5.32 Å². The summed E-state index contributed by atoms with van der Waals surface area (Å²) in [6.07, 6.45) is 1.53. The number of nitrogens with one attached hydrogen (secondary N) is 1. The molecule has 1 rings (SSSR count). The topological polar surface area (TPSA) is 64.6 Å². The van der Waals surface area contributed by atoms with Crippen LogP contribution in [0, 0.1) is 5.92 Å². The first-order valence-electron chi connectivity index (χ1n) is 6.05. The molecule has 1 fully saturated rings. The number of esters is 1. The second kappa shape index (κ2) is 5.00. The molecule has 0 radical (unpaired) electrons. The fraction of sp³-hybridized carbons (Fsp3) is 0.692. The van der Waals surface area contributed by atoms with E-state index in [0.717, 1.165) is 0 Å². The fourth-order valence-electron chi connectivity index (χ4n) is 1.72. The number of ether oxygens (including phenoxy) is 2. The molecule has 2 atom stereocenters. The van der Waals surface area contributed by atoms with Crippen molar-refractivity contribution in [1.82, 2.24) is 5.32 Å². The van der Waals surface area contributed by atoms with Crippen LogP contribution in [-0.2, 0) is 14.3 Å². The molecule has 0 saturated heterocycles. The number of hydrogen-bond donors (Lipinski definition) is 1. The smallest absolute Gasteiger partial charge is 0.408 e. The summed E-state index contributed by atoms with van der Waals surface area (Å²) in [6, 6.07) is 0. The second-order valence-corrected chi connectivity index (χ2v) is 5.38. The van der Waals surface area contributed by atoms with Gasteiger partial charge in [0.05, 0.1) is 18.1 Å². The summed E-state index contributed by atoms with van der Waals surface area (Å²) in [6.45, 7) is 11.1. The van der Waals surface area contributed by atoms with E-state index in [1.807, 2.05) is 0 Å². The lowest BCUT2D eigenvalue weighted by Gasteiger charge is -2.22. The van der Waals surface area contributed by atoms with Crippen LogP contribution in [0.2, 0.25) is 0 Å². The first-order valence-corrected chi connectivity index (χ1v) is 6.05. The number of carbonyl (C=O) groups excluding carboxylic acids is 2. The van der Waals surface area contributed by atoms with Gasteiger partial charge in [0.1, 0.15) is 5.60 Å². The third-order valence-corrected chi connectivity index (χ3v) is 2.67. The van der Waals surface area contributed by atoms with Crippen molar-refractivity contribution in [2.24, 2.45) is 5.92 Å². The first-order chi connectivity index (χ1) is 8.24. The van der Waals surface area contributed by atoms with E-state index in [9.17, 15) is 9.59 Å². The summed E-state index contributed by atoms with van der Waals surface area (Å²) < 4.78 is 10.1. The van der Waals surface area contributed by atoms with Crippen LogP contribution in [0.1, 0.15) is 34.1 Å². The third-order valence-electron chi connectivity index (χ3n) is 2.67. The number of alkyl carbamates (subject to hydrolysis) is 1. The molecule has 18 heavy (non-hydrogen) atoms. The summed E-state index contributed by atoms with van der Waals surface area (Å²) in [5.41, 5.74) is -1.28. The standard InChI is InChI=1S/C13H21NO4/c1-6-13(8-9(13)10(15)17-7-2)14-11(16)18-12(3,4)5/h6,9H,1,7-8H2,2-5H3,(H,14,16)/t9-,13-/m1/s1. The van der Waals surface area contributed by atoms with Gasteiger partial charge in [-0.2, -0.15) is 0 Å². The Morgan fingerprint density at radius 3 is 2.56 bits per heavy atom. The van der Waals surface area contributed by atoms with Crippen molar-refractivity contribution in [3.63, 3.8) is 0 Å². The molecule has 0 heterocycles. The molecule has 1 saturated carbocycles. The molecule has 0 aromatic rings. The second-order valence-electron chi connectivity index (χ2n) is 5.38. The van der Waals surface area contributed by atoms with E-state index in [-0.39, 0.29) is 11.9 Å². The highest BCUT2D eigenvalue weighted by Crippen LogP contribution is 2.45. The highest BCUT2D eigenvalue weighted by atomic mass is 16.6. The minimum atomic E-state index is -0.714. The number of hydrogen-bond acceptors (Lipinski definition) is 4. The van der Waals surface area contributed by atoms with Crippen molar-refractivity contribution in [3.05, 3.63) is 12.7 Å². The molecule has 1 amide bonds. The molecular weight excluding hydrogens is 234 g/mol. The normalized spacial score (nSPS) is 26.1. The van der Waals surface area contributed by atoms with Crippen LogP contribution >= 0.6 is 0 Å². The lowest BCUT2D eigenvalue weighted by Crippen LogP contribution is -2.41. The van der Waals surface area contributed by atoms with Crippen LogP contribution in [0.5, 0.6) is 0 Å². The van der Waals surface area contributed by atoms with Crippen LogP contribution in [0.25, 0.3) is 0 Å². The zero-order valence-corrected chi connectivity index (χ0v) is 11.4. The fourth-order valence-corrected chi connectivity index (χ4v) is 1.72. The number of carbonyl (C=O) groups is 2. The molecule has 0 bridgehead atoms. The van der Waals surface area contributed by atoms with E-state index in [2.05, 4.69) is 11.9 Å². The molecule has 1 aliphatic rings. The monoisotopic (exact) mass is 255 g/mol. The SMILES string of the molecule is C=C[C@@]1(NC(=O)OC(C)(C)C)C[C@@H]1C(=O)OCC. The van der Waals surface area contributed by atoms with Crippen LogP contribution in [0.3, 0.4) is 0 Å². The summed E-state index contributed by atoms with van der Waals surface area (Å²) in [7, 11) is 0. The van der Waals surface area contributed by atoms with Crippen molar-refractivity contribution >= 4 is 12.1 Å². The maximum absolute atomic E-state index is 11.7. The van der Waals surface area contributed by atoms with Gasteiger partial charge in [-0.15, -0.1) is 6.58 Å². The summed E-state index contributed by atoms with van der Waals surface area (Å²) in [5.74, 6) is -0.670.